The third kappa shape index (κ3) is 2.61. The highest BCUT2D eigenvalue weighted by atomic mass is 16.2. The summed E-state index contributed by atoms with van der Waals surface area (Å²) in [5.41, 5.74) is 8.99. The highest BCUT2D eigenvalue weighted by Gasteiger charge is 2.14. The van der Waals surface area contributed by atoms with Crippen LogP contribution in [0.1, 0.15) is 18.2 Å². The number of hydrazone groups is 1. The second-order valence-electron chi connectivity index (χ2n) is 4.26. The lowest BCUT2D eigenvalue weighted by Crippen LogP contribution is -2.27. The molecule has 0 radical (unpaired) electrons. The molecule has 4 N–H and O–H groups in total. The van der Waals surface area contributed by atoms with Gasteiger partial charge in [0.25, 0.3) is 5.56 Å². The number of aryl methyl sites for hydroxylation is 1. The number of urea groups is 1. The summed E-state index contributed by atoms with van der Waals surface area (Å²) in [6.45, 7) is 3.39. The molecule has 20 heavy (non-hydrogen) atoms. The molecule has 2 amide bonds. The van der Waals surface area contributed by atoms with Crippen LogP contribution in [0.5, 0.6) is 0 Å². The monoisotopic (exact) mass is 273 g/mol. The van der Waals surface area contributed by atoms with E-state index in [1.54, 1.807) is 13.8 Å². The molecule has 0 fully saturated rings. The first kappa shape index (κ1) is 13.6. The van der Waals surface area contributed by atoms with Crippen molar-refractivity contribution in [3.05, 3.63) is 51.9 Å². The Morgan fingerprint density at radius 2 is 2.00 bits per heavy atom. The van der Waals surface area contributed by atoms with Crippen LogP contribution in [0.3, 0.4) is 0 Å². The van der Waals surface area contributed by atoms with Gasteiger partial charge in [-0.2, -0.15) is 5.10 Å². The van der Waals surface area contributed by atoms with Crippen LogP contribution in [0, 0.1) is 6.92 Å². The highest BCUT2D eigenvalue weighted by Crippen LogP contribution is 2.07. The molecule has 0 saturated heterocycles. The normalized spacial score (nSPS) is 11.4. The summed E-state index contributed by atoms with van der Waals surface area (Å²) in [7, 11) is 0. The zero-order valence-electron chi connectivity index (χ0n) is 11.2. The number of H-pyrrole nitrogens is 1. The number of carbonyl (C=O) groups excluding carboxylic acids is 1. The Labute approximate surface area is 115 Å². The molecule has 1 aromatic heterocycles. The van der Waals surface area contributed by atoms with Crippen molar-refractivity contribution in [2.24, 2.45) is 10.8 Å². The number of carbonyl (C=O) groups is 1. The van der Waals surface area contributed by atoms with Crippen molar-refractivity contribution in [3.8, 4) is 5.69 Å². The highest BCUT2D eigenvalue weighted by molar-refractivity contribution is 5.99. The van der Waals surface area contributed by atoms with Gasteiger partial charge in [-0.05, 0) is 26.0 Å². The van der Waals surface area contributed by atoms with E-state index in [0.717, 1.165) is 5.69 Å². The van der Waals surface area contributed by atoms with E-state index in [9.17, 15) is 9.59 Å². The van der Waals surface area contributed by atoms with Gasteiger partial charge < -0.3 is 5.73 Å². The number of hydrogen-bond donors (Lipinski definition) is 3. The molecular weight excluding hydrogens is 258 g/mol. The summed E-state index contributed by atoms with van der Waals surface area (Å²) in [6, 6.07) is 8.40. The minimum Gasteiger partial charge on any atom is -0.350 e. The molecule has 7 heteroatoms. The minimum atomic E-state index is -0.777. The summed E-state index contributed by atoms with van der Waals surface area (Å²) < 4.78 is 1.42. The van der Waals surface area contributed by atoms with Crippen molar-refractivity contribution < 1.29 is 4.79 Å². The fraction of sp³-hybridized carbons (Fsp3) is 0.154. The van der Waals surface area contributed by atoms with E-state index in [1.165, 1.54) is 4.68 Å². The molecule has 1 heterocycles. The molecule has 0 atom stereocenters. The first-order valence-corrected chi connectivity index (χ1v) is 5.98. The van der Waals surface area contributed by atoms with Gasteiger partial charge in [-0.3, -0.25) is 9.89 Å². The SMILES string of the molecule is C/C(=N\NC(N)=O)c1c(C)[nH]n(-c2ccccc2)c1=O. The van der Waals surface area contributed by atoms with E-state index >= 15 is 0 Å². The molecule has 104 valence electrons. The standard InChI is InChI=1S/C13H15N5O2/c1-8(15-16-13(14)20)11-9(2)17-18(12(11)19)10-6-4-3-5-7-10/h3-7,17H,1-2H3,(H3,14,16,20)/b15-8+. The van der Waals surface area contributed by atoms with Gasteiger partial charge in [-0.1, -0.05) is 18.2 Å². The van der Waals surface area contributed by atoms with Gasteiger partial charge in [0, 0.05) is 5.69 Å². The maximum absolute atomic E-state index is 12.4. The van der Waals surface area contributed by atoms with Crippen LogP contribution in [-0.2, 0) is 0 Å². The first-order valence-electron chi connectivity index (χ1n) is 5.98. The molecular formula is C13H15N5O2. The van der Waals surface area contributed by atoms with Crippen LogP contribution in [-0.4, -0.2) is 21.5 Å². The molecule has 1 aromatic carbocycles. The predicted octanol–water partition coefficient (Wildman–Crippen LogP) is 0.866. The number of hydrogen-bond acceptors (Lipinski definition) is 3. The zero-order chi connectivity index (χ0) is 14.7. The maximum atomic E-state index is 12.4. The number of para-hydroxylation sites is 1. The van der Waals surface area contributed by atoms with E-state index in [-0.39, 0.29) is 5.56 Å². The Morgan fingerprint density at radius 1 is 1.35 bits per heavy atom. The lowest BCUT2D eigenvalue weighted by atomic mass is 10.2. The fourth-order valence-corrected chi connectivity index (χ4v) is 1.93. The molecule has 7 nitrogen and oxygen atoms in total. The van der Waals surface area contributed by atoms with E-state index in [2.05, 4.69) is 15.6 Å². The number of amides is 2. The van der Waals surface area contributed by atoms with Gasteiger partial charge in [-0.25, -0.2) is 14.9 Å². The Balaban J connectivity index is 2.48. The molecule has 2 rings (SSSR count). The summed E-state index contributed by atoms with van der Waals surface area (Å²) in [5.74, 6) is 0. The maximum Gasteiger partial charge on any atom is 0.332 e. The first-order chi connectivity index (χ1) is 9.50. The van der Waals surface area contributed by atoms with Crippen molar-refractivity contribution in [2.75, 3.05) is 0 Å². The number of aromatic amines is 1. The summed E-state index contributed by atoms with van der Waals surface area (Å²) in [4.78, 5) is 23.0. The van der Waals surface area contributed by atoms with Crippen LogP contribution >= 0.6 is 0 Å². The van der Waals surface area contributed by atoms with E-state index in [0.29, 0.717) is 17.0 Å². The molecule has 0 aliphatic rings. The Bertz CT molecular complexity index is 712. The van der Waals surface area contributed by atoms with Crippen LogP contribution in [0.2, 0.25) is 0 Å². The number of rotatable bonds is 3. The molecule has 0 unspecified atom stereocenters. The third-order valence-corrected chi connectivity index (χ3v) is 2.78. The van der Waals surface area contributed by atoms with Crippen LogP contribution in [0.4, 0.5) is 4.79 Å². The third-order valence-electron chi connectivity index (χ3n) is 2.78. The van der Waals surface area contributed by atoms with Crippen LogP contribution in [0.25, 0.3) is 5.69 Å². The van der Waals surface area contributed by atoms with Crippen molar-refractivity contribution in [2.45, 2.75) is 13.8 Å². The Kier molecular flexibility index (Phi) is 3.69. The van der Waals surface area contributed by atoms with Gasteiger partial charge in [0.15, 0.2) is 0 Å². The quantitative estimate of drug-likeness (QED) is 0.570. The molecule has 0 saturated carbocycles. The average molecular weight is 273 g/mol. The van der Waals surface area contributed by atoms with E-state index in [1.807, 2.05) is 30.3 Å². The minimum absolute atomic E-state index is 0.235. The average Bonchev–Trinajstić information content (AvgIpc) is 2.72. The second kappa shape index (κ2) is 5.43. The summed E-state index contributed by atoms with van der Waals surface area (Å²) in [6.07, 6.45) is 0. The van der Waals surface area contributed by atoms with Crippen molar-refractivity contribution in [3.63, 3.8) is 0 Å². The Hall–Kier alpha value is -2.83. The number of aromatic nitrogens is 2. The number of nitrogens with zero attached hydrogens (tertiary/aromatic N) is 2. The topological polar surface area (TPSA) is 105 Å². The number of benzene rings is 1. The van der Waals surface area contributed by atoms with Gasteiger partial charge in [-0.15, -0.1) is 0 Å². The predicted molar refractivity (Wildman–Crippen MR) is 76.1 cm³/mol. The molecule has 0 aliphatic carbocycles. The second-order valence-corrected chi connectivity index (χ2v) is 4.26. The number of nitrogens with one attached hydrogen (secondary N) is 2. The van der Waals surface area contributed by atoms with Crippen molar-refractivity contribution in [1.82, 2.24) is 15.2 Å². The van der Waals surface area contributed by atoms with Crippen LogP contribution in [0.15, 0.2) is 40.2 Å². The largest absolute Gasteiger partial charge is 0.350 e. The van der Waals surface area contributed by atoms with Crippen molar-refractivity contribution in [1.29, 1.82) is 0 Å². The molecule has 0 bridgehead atoms. The van der Waals surface area contributed by atoms with Crippen LogP contribution < -0.4 is 16.7 Å². The molecule has 2 aromatic rings. The van der Waals surface area contributed by atoms with Gasteiger partial charge in [0.2, 0.25) is 0 Å². The fourth-order valence-electron chi connectivity index (χ4n) is 1.93. The van der Waals surface area contributed by atoms with Gasteiger partial charge in [0.05, 0.1) is 17.0 Å². The lowest BCUT2D eigenvalue weighted by Gasteiger charge is -1.99. The summed E-state index contributed by atoms with van der Waals surface area (Å²) in [5, 5.41) is 6.76. The summed E-state index contributed by atoms with van der Waals surface area (Å²) >= 11 is 0. The smallest absolute Gasteiger partial charge is 0.332 e. The molecule has 0 spiro atoms. The van der Waals surface area contributed by atoms with Crippen molar-refractivity contribution >= 4 is 11.7 Å². The van der Waals surface area contributed by atoms with Gasteiger partial charge >= 0.3 is 6.03 Å². The van der Waals surface area contributed by atoms with E-state index in [4.69, 9.17) is 5.73 Å². The lowest BCUT2D eigenvalue weighted by molar-refractivity contribution is 0.249. The number of nitrogens with two attached hydrogens (primary N) is 1. The number of primary amides is 1. The molecule has 0 aliphatic heterocycles. The van der Waals surface area contributed by atoms with Gasteiger partial charge in [0.1, 0.15) is 0 Å². The van der Waals surface area contributed by atoms with E-state index < -0.39 is 6.03 Å². The Morgan fingerprint density at radius 3 is 2.60 bits per heavy atom. The zero-order valence-corrected chi connectivity index (χ0v) is 11.2.